The van der Waals surface area contributed by atoms with Gasteiger partial charge in [-0.05, 0) is 73.5 Å². The fourth-order valence-electron chi connectivity index (χ4n) is 5.45. The van der Waals surface area contributed by atoms with E-state index in [4.69, 9.17) is 4.98 Å². The number of aromatic nitrogens is 6. The van der Waals surface area contributed by atoms with Gasteiger partial charge in [-0.25, -0.2) is 18.7 Å². The number of aromatic amines is 2. The summed E-state index contributed by atoms with van der Waals surface area (Å²) in [6, 6.07) is 13.6. The molecule has 1 aliphatic heterocycles. The van der Waals surface area contributed by atoms with Gasteiger partial charge in [-0.2, -0.15) is 5.10 Å². The van der Waals surface area contributed by atoms with Gasteiger partial charge >= 0.3 is 0 Å². The van der Waals surface area contributed by atoms with Crippen molar-refractivity contribution in [2.75, 3.05) is 13.1 Å². The molecule has 7 rings (SSSR count). The fourth-order valence-corrected chi connectivity index (χ4v) is 5.45. The Morgan fingerprint density at radius 2 is 1.72 bits per heavy atom. The first kappa shape index (κ1) is 23.6. The Balaban J connectivity index is 1.29. The van der Waals surface area contributed by atoms with Crippen LogP contribution >= 0.6 is 0 Å². The predicted octanol–water partition coefficient (Wildman–Crippen LogP) is 6.49. The van der Waals surface area contributed by atoms with Gasteiger partial charge in [-0.15, -0.1) is 0 Å². The van der Waals surface area contributed by atoms with Crippen molar-refractivity contribution in [1.29, 1.82) is 0 Å². The SMILES string of the molecule is Fc1ccc(-c2ccnc3[nH]c(-c4n[nH]c5ccc(-c6cncc(CN7CCCCC7)c6)c(F)c45)nc23)cc1. The van der Waals surface area contributed by atoms with Crippen LogP contribution in [0, 0.1) is 11.6 Å². The topological polar surface area (TPSA) is 86.4 Å². The second kappa shape index (κ2) is 9.67. The van der Waals surface area contributed by atoms with Crippen LogP contribution in [-0.2, 0) is 6.54 Å². The fraction of sp³-hybridized carbons (Fsp3) is 0.200. The van der Waals surface area contributed by atoms with Crippen molar-refractivity contribution in [1.82, 2.24) is 35.0 Å². The van der Waals surface area contributed by atoms with Crippen molar-refractivity contribution in [3.63, 3.8) is 0 Å². The molecular weight excluding hydrogens is 496 g/mol. The van der Waals surface area contributed by atoms with E-state index in [9.17, 15) is 4.39 Å². The first-order chi connectivity index (χ1) is 19.1. The Bertz CT molecular complexity index is 1800. The van der Waals surface area contributed by atoms with E-state index in [1.54, 1.807) is 30.6 Å². The molecular formula is C30H25F2N7. The Hall–Kier alpha value is -4.50. The number of nitrogens with zero attached hydrogens (tertiary/aromatic N) is 5. The molecule has 2 N–H and O–H groups in total. The standard InChI is InChI=1S/C30H25F2N7/c31-21-6-4-19(5-7-21)23-10-11-34-29-27(23)35-30(36-29)28-25-24(37-38-28)9-8-22(26(25)32)20-14-18(15-33-16-20)17-39-12-2-1-3-13-39/h4-11,14-16H,1-3,12-13,17H2,(H,37,38)(H,34,35,36). The van der Waals surface area contributed by atoms with E-state index in [-0.39, 0.29) is 11.6 Å². The average molecular weight is 522 g/mol. The molecule has 1 fully saturated rings. The first-order valence-corrected chi connectivity index (χ1v) is 13.1. The lowest BCUT2D eigenvalue weighted by Crippen LogP contribution is -2.29. The maximum atomic E-state index is 16.2. The van der Waals surface area contributed by atoms with E-state index in [2.05, 4.69) is 30.0 Å². The third-order valence-corrected chi connectivity index (χ3v) is 7.39. The van der Waals surface area contributed by atoms with E-state index in [0.29, 0.717) is 39.1 Å². The number of halogens is 2. The van der Waals surface area contributed by atoms with Crippen LogP contribution in [0.3, 0.4) is 0 Å². The number of piperidine rings is 1. The van der Waals surface area contributed by atoms with E-state index in [1.165, 1.54) is 31.4 Å². The maximum absolute atomic E-state index is 16.2. The molecule has 194 valence electrons. The molecule has 0 atom stereocenters. The summed E-state index contributed by atoms with van der Waals surface area (Å²) >= 11 is 0. The van der Waals surface area contributed by atoms with Crippen molar-refractivity contribution >= 4 is 22.1 Å². The smallest absolute Gasteiger partial charge is 0.161 e. The molecule has 0 aliphatic carbocycles. The summed E-state index contributed by atoms with van der Waals surface area (Å²) in [6.07, 6.45) is 8.92. The molecule has 1 aliphatic rings. The monoisotopic (exact) mass is 521 g/mol. The lowest BCUT2D eigenvalue weighted by atomic mass is 10.0. The quantitative estimate of drug-likeness (QED) is 0.271. The van der Waals surface area contributed by atoms with Crippen molar-refractivity contribution in [2.45, 2.75) is 25.8 Å². The predicted molar refractivity (Wildman–Crippen MR) is 147 cm³/mol. The Labute approximate surface area is 223 Å². The Morgan fingerprint density at radius 3 is 2.56 bits per heavy atom. The Morgan fingerprint density at radius 1 is 0.872 bits per heavy atom. The van der Waals surface area contributed by atoms with Gasteiger partial charge in [-0.1, -0.05) is 18.6 Å². The van der Waals surface area contributed by atoms with Gasteiger partial charge in [0.2, 0.25) is 0 Å². The van der Waals surface area contributed by atoms with Gasteiger partial charge in [0.05, 0.1) is 10.9 Å². The third kappa shape index (κ3) is 4.34. The largest absolute Gasteiger partial charge is 0.321 e. The number of likely N-dealkylation sites (tertiary alicyclic amines) is 1. The summed E-state index contributed by atoms with van der Waals surface area (Å²) in [7, 11) is 0. The summed E-state index contributed by atoms with van der Waals surface area (Å²) in [5.41, 5.74) is 5.91. The molecule has 39 heavy (non-hydrogen) atoms. The number of imidazole rings is 1. The second-order valence-electron chi connectivity index (χ2n) is 9.99. The minimum atomic E-state index is -0.389. The van der Waals surface area contributed by atoms with Crippen molar-refractivity contribution in [2.24, 2.45) is 0 Å². The summed E-state index contributed by atoms with van der Waals surface area (Å²) in [5, 5.41) is 7.68. The van der Waals surface area contributed by atoms with Gasteiger partial charge in [-0.3, -0.25) is 15.0 Å². The van der Waals surface area contributed by atoms with Crippen LogP contribution in [0.4, 0.5) is 8.78 Å². The first-order valence-electron chi connectivity index (χ1n) is 13.1. The highest BCUT2D eigenvalue weighted by Crippen LogP contribution is 2.35. The van der Waals surface area contributed by atoms with Crippen LogP contribution in [0.1, 0.15) is 24.8 Å². The molecule has 0 spiro atoms. The zero-order valence-corrected chi connectivity index (χ0v) is 21.1. The minimum Gasteiger partial charge on any atom is -0.321 e. The second-order valence-corrected chi connectivity index (χ2v) is 9.99. The molecule has 4 aromatic heterocycles. The minimum absolute atomic E-state index is 0.312. The number of H-pyrrole nitrogens is 2. The highest BCUT2D eigenvalue weighted by Gasteiger charge is 2.21. The van der Waals surface area contributed by atoms with Crippen LogP contribution in [0.15, 0.2) is 67.1 Å². The van der Waals surface area contributed by atoms with Crippen LogP contribution < -0.4 is 0 Å². The molecule has 6 aromatic rings. The summed E-state index contributed by atoms with van der Waals surface area (Å²) < 4.78 is 29.7. The zero-order chi connectivity index (χ0) is 26.3. The molecule has 9 heteroatoms. The normalized spacial score (nSPS) is 14.4. The van der Waals surface area contributed by atoms with Gasteiger partial charge < -0.3 is 4.98 Å². The third-order valence-electron chi connectivity index (χ3n) is 7.39. The van der Waals surface area contributed by atoms with Gasteiger partial charge in [0.25, 0.3) is 0 Å². The number of rotatable bonds is 5. The molecule has 0 unspecified atom stereocenters. The van der Waals surface area contributed by atoms with E-state index in [0.717, 1.165) is 41.9 Å². The van der Waals surface area contributed by atoms with E-state index >= 15 is 4.39 Å². The Kier molecular flexibility index (Phi) is 5.85. The molecule has 5 heterocycles. The average Bonchev–Trinajstić information content (AvgIpc) is 3.59. The maximum Gasteiger partial charge on any atom is 0.161 e. The lowest BCUT2D eigenvalue weighted by molar-refractivity contribution is 0.220. The summed E-state index contributed by atoms with van der Waals surface area (Å²) in [4.78, 5) is 19.2. The van der Waals surface area contributed by atoms with Gasteiger partial charge in [0.15, 0.2) is 11.5 Å². The van der Waals surface area contributed by atoms with Crippen LogP contribution in [0.2, 0.25) is 0 Å². The number of pyridine rings is 2. The summed E-state index contributed by atoms with van der Waals surface area (Å²) in [6.45, 7) is 2.97. The molecule has 1 saturated heterocycles. The van der Waals surface area contributed by atoms with Crippen molar-refractivity contribution in [3.05, 3.63) is 84.3 Å². The highest BCUT2D eigenvalue weighted by atomic mass is 19.1. The van der Waals surface area contributed by atoms with Crippen LogP contribution in [0.25, 0.3) is 55.8 Å². The summed E-state index contributed by atoms with van der Waals surface area (Å²) in [5.74, 6) is -0.306. The number of hydrogen-bond acceptors (Lipinski definition) is 5. The van der Waals surface area contributed by atoms with Gasteiger partial charge in [0.1, 0.15) is 22.8 Å². The number of hydrogen-bond donors (Lipinski definition) is 2. The van der Waals surface area contributed by atoms with Gasteiger partial charge in [0, 0.05) is 41.8 Å². The number of fused-ring (bicyclic) bond motifs is 2. The molecule has 0 radical (unpaired) electrons. The van der Waals surface area contributed by atoms with E-state index < -0.39 is 0 Å². The number of benzene rings is 2. The molecule has 7 nitrogen and oxygen atoms in total. The number of nitrogens with one attached hydrogen (secondary N) is 2. The zero-order valence-electron chi connectivity index (χ0n) is 21.1. The molecule has 2 aromatic carbocycles. The molecule has 0 amide bonds. The van der Waals surface area contributed by atoms with Crippen LogP contribution in [0.5, 0.6) is 0 Å². The highest BCUT2D eigenvalue weighted by molar-refractivity contribution is 5.98. The van der Waals surface area contributed by atoms with Crippen molar-refractivity contribution in [3.8, 4) is 33.8 Å². The lowest BCUT2D eigenvalue weighted by Gasteiger charge is -2.26. The molecule has 0 saturated carbocycles. The van der Waals surface area contributed by atoms with E-state index in [1.807, 2.05) is 24.4 Å². The van der Waals surface area contributed by atoms with Crippen molar-refractivity contribution < 1.29 is 8.78 Å². The molecule has 0 bridgehead atoms. The van der Waals surface area contributed by atoms with Crippen LogP contribution in [-0.4, -0.2) is 48.1 Å².